The number of rotatable bonds is 4. The number of hydrogen-bond donors (Lipinski definition) is 2. The van der Waals surface area contributed by atoms with E-state index < -0.39 is 0 Å². The number of carbonyl (C=O) groups excluding carboxylic acids is 1. The molecule has 0 saturated carbocycles. The Morgan fingerprint density at radius 1 is 1.37 bits per heavy atom. The maximum Gasteiger partial charge on any atom is 0.272 e. The van der Waals surface area contributed by atoms with E-state index >= 15 is 0 Å². The molecule has 2 aromatic rings. The summed E-state index contributed by atoms with van der Waals surface area (Å²) in [6.45, 7) is 0.128. The number of amides is 1. The minimum atomic E-state index is -0.150. The molecule has 2 N–H and O–H groups in total. The number of benzene rings is 1. The standard InChI is InChI=1S/C14H15BrN2O2/c1-17-9-11(15)8-13(17)14(19)16-12-4-2-10(3-5-12)6-7-18/h2-5,8-9,18H,6-7H2,1H3,(H,16,19). The fourth-order valence-corrected chi connectivity index (χ4v) is 2.35. The fraction of sp³-hybridized carbons (Fsp3) is 0.214. The molecule has 0 spiro atoms. The van der Waals surface area contributed by atoms with Crippen LogP contribution in [0.5, 0.6) is 0 Å². The van der Waals surface area contributed by atoms with Crippen molar-refractivity contribution >= 4 is 27.5 Å². The largest absolute Gasteiger partial charge is 0.396 e. The summed E-state index contributed by atoms with van der Waals surface area (Å²) < 4.78 is 2.64. The van der Waals surface area contributed by atoms with Gasteiger partial charge in [-0.3, -0.25) is 4.79 Å². The van der Waals surface area contributed by atoms with Crippen molar-refractivity contribution in [3.05, 3.63) is 52.3 Å². The zero-order valence-corrected chi connectivity index (χ0v) is 12.1. The van der Waals surface area contributed by atoms with Crippen LogP contribution in [0.25, 0.3) is 0 Å². The molecule has 0 bridgehead atoms. The fourth-order valence-electron chi connectivity index (χ4n) is 1.83. The molecular weight excluding hydrogens is 308 g/mol. The van der Waals surface area contributed by atoms with Gasteiger partial charge in [-0.1, -0.05) is 12.1 Å². The number of anilines is 1. The molecule has 0 saturated heterocycles. The molecule has 100 valence electrons. The van der Waals surface area contributed by atoms with E-state index in [1.807, 2.05) is 37.5 Å². The van der Waals surface area contributed by atoms with E-state index in [0.29, 0.717) is 12.1 Å². The van der Waals surface area contributed by atoms with Gasteiger partial charge in [0.15, 0.2) is 0 Å². The molecule has 5 heteroatoms. The number of aromatic nitrogens is 1. The van der Waals surface area contributed by atoms with Gasteiger partial charge in [0.1, 0.15) is 5.69 Å². The number of halogens is 1. The Bertz CT molecular complexity index is 576. The van der Waals surface area contributed by atoms with Crippen LogP contribution in [0.1, 0.15) is 16.1 Å². The number of carbonyl (C=O) groups is 1. The highest BCUT2D eigenvalue weighted by Crippen LogP contribution is 2.16. The summed E-state index contributed by atoms with van der Waals surface area (Å²) in [5.74, 6) is -0.150. The summed E-state index contributed by atoms with van der Waals surface area (Å²) in [5, 5.41) is 11.7. The van der Waals surface area contributed by atoms with Crippen LogP contribution < -0.4 is 5.32 Å². The Morgan fingerprint density at radius 2 is 2.05 bits per heavy atom. The van der Waals surface area contributed by atoms with Gasteiger partial charge >= 0.3 is 0 Å². The lowest BCUT2D eigenvalue weighted by molar-refractivity contribution is 0.101. The summed E-state index contributed by atoms with van der Waals surface area (Å²) in [5.41, 5.74) is 2.37. The molecule has 1 aromatic heterocycles. The number of nitrogens with one attached hydrogen (secondary N) is 1. The SMILES string of the molecule is Cn1cc(Br)cc1C(=O)Nc1ccc(CCO)cc1. The van der Waals surface area contributed by atoms with Crippen molar-refractivity contribution in [2.24, 2.45) is 7.05 Å². The Hall–Kier alpha value is -1.59. The van der Waals surface area contributed by atoms with Crippen molar-refractivity contribution in [2.45, 2.75) is 6.42 Å². The van der Waals surface area contributed by atoms with Crippen LogP contribution in [0.4, 0.5) is 5.69 Å². The van der Waals surface area contributed by atoms with E-state index in [9.17, 15) is 4.79 Å². The van der Waals surface area contributed by atoms with Gasteiger partial charge in [-0.2, -0.15) is 0 Å². The van der Waals surface area contributed by atoms with Gasteiger partial charge in [-0.25, -0.2) is 0 Å². The van der Waals surface area contributed by atoms with E-state index in [1.54, 1.807) is 10.6 Å². The zero-order chi connectivity index (χ0) is 13.8. The molecule has 0 aliphatic carbocycles. The third kappa shape index (κ3) is 3.45. The normalized spacial score (nSPS) is 10.5. The minimum Gasteiger partial charge on any atom is -0.396 e. The molecule has 0 aliphatic heterocycles. The van der Waals surface area contributed by atoms with Gasteiger partial charge < -0.3 is 15.0 Å². The first-order valence-corrected chi connectivity index (χ1v) is 6.72. The van der Waals surface area contributed by atoms with E-state index in [0.717, 1.165) is 15.7 Å². The molecule has 4 nitrogen and oxygen atoms in total. The maximum absolute atomic E-state index is 12.1. The van der Waals surface area contributed by atoms with Gasteiger partial charge in [0, 0.05) is 30.0 Å². The quantitative estimate of drug-likeness (QED) is 0.909. The van der Waals surface area contributed by atoms with E-state index in [4.69, 9.17) is 5.11 Å². The first-order valence-electron chi connectivity index (χ1n) is 5.93. The Kier molecular flexibility index (Phi) is 4.39. The molecule has 1 aromatic carbocycles. The predicted octanol–water partition coefficient (Wildman–Crippen LogP) is 2.57. The lowest BCUT2D eigenvalue weighted by Crippen LogP contribution is -2.15. The van der Waals surface area contributed by atoms with Crippen LogP contribution in [0.2, 0.25) is 0 Å². The number of hydrogen-bond acceptors (Lipinski definition) is 2. The number of nitrogens with zero attached hydrogens (tertiary/aromatic N) is 1. The maximum atomic E-state index is 12.1. The Balaban J connectivity index is 2.08. The third-order valence-corrected chi connectivity index (χ3v) is 3.25. The highest BCUT2D eigenvalue weighted by Gasteiger charge is 2.11. The van der Waals surface area contributed by atoms with Gasteiger partial charge in [-0.15, -0.1) is 0 Å². The molecule has 0 aliphatic rings. The van der Waals surface area contributed by atoms with Crippen LogP contribution in [0.3, 0.4) is 0 Å². The third-order valence-electron chi connectivity index (χ3n) is 2.82. The molecule has 0 fully saturated rings. The van der Waals surface area contributed by atoms with Crippen molar-refractivity contribution in [3.63, 3.8) is 0 Å². The second-order valence-corrected chi connectivity index (χ2v) is 5.19. The lowest BCUT2D eigenvalue weighted by Gasteiger charge is -2.07. The number of aliphatic hydroxyl groups excluding tert-OH is 1. The highest BCUT2D eigenvalue weighted by atomic mass is 79.9. The first-order chi connectivity index (χ1) is 9.10. The van der Waals surface area contributed by atoms with Crippen LogP contribution in [0.15, 0.2) is 41.0 Å². The molecule has 0 unspecified atom stereocenters. The topological polar surface area (TPSA) is 54.3 Å². The van der Waals surface area contributed by atoms with Gasteiger partial charge in [-0.05, 0) is 46.1 Å². The predicted molar refractivity (Wildman–Crippen MR) is 78.3 cm³/mol. The zero-order valence-electron chi connectivity index (χ0n) is 10.6. The van der Waals surface area contributed by atoms with E-state index in [2.05, 4.69) is 21.2 Å². The second-order valence-electron chi connectivity index (χ2n) is 4.28. The number of aryl methyl sites for hydroxylation is 1. The average molecular weight is 323 g/mol. The summed E-state index contributed by atoms with van der Waals surface area (Å²) in [7, 11) is 1.82. The van der Waals surface area contributed by atoms with E-state index in [-0.39, 0.29) is 12.5 Å². The second kappa shape index (κ2) is 6.04. The van der Waals surface area contributed by atoms with Gasteiger partial charge in [0.2, 0.25) is 0 Å². The Labute approximate surface area is 120 Å². The molecule has 0 atom stereocenters. The van der Waals surface area contributed by atoms with Crippen LogP contribution in [0, 0.1) is 0 Å². The first kappa shape index (κ1) is 13.8. The molecule has 19 heavy (non-hydrogen) atoms. The summed E-state index contributed by atoms with van der Waals surface area (Å²) in [6.07, 6.45) is 2.46. The summed E-state index contributed by atoms with van der Waals surface area (Å²) in [6, 6.07) is 9.23. The van der Waals surface area contributed by atoms with Crippen LogP contribution in [-0.2, 0) is 13.5 Å². The van der Waals surface area contributed by atoms with E-state index in [1.165, 1.54) is 0 Å². The van der Waals surface area contributed by atoms with Crippen molar-refractivity contribution < 1.29 is 9.90 Å². The smallest absolute Gasteiger partial charge is 0.272 e. The molecule has 1 amide bonds. The highest BCUT2D eigenvalue weighted by molar-refractivity contribution is 9.10. The molecule has 0 radical (unpaired) electrons. The van der Waals surface area contributed by atoms with Crippen LogP contribution in [-0.4, -0.2) is 22.2 Å². The monoisotopic (exact) mass is 322 g/mol. The van der Waals surface area contributed by atoms with Gasteiger partial charge in [0.25, 0.3) is 5.91 Å². The molecule has 1 heterocycles. The van der Waals surface area contributed by atoms with Crippen LogP contribution >= 0.6 is 15.9 Å². The van der Waals surface area contributed by atoms with Crippen molar-refractivity contribution in [1.82, 2.24) is 4.57 Å². The average Bonchev–Trinajstić information content (AvgIpc) is 2.71. The van der Waals surface area contributed by atoms with Crippen molar-refractivity contribution in [2.75, 3.05) is 11.9 Å². The van der Waals surface area contributed by atoms with Crippen molar-refractivity contribution in [1.29, 1.82) is 0 Å². The Morgan fingerprint density at radius 3 is 2.58 bits per heavy atom. The number of aliphatic hydroxyl groups is 1. The van der Waals surface area contributed by atoms with Crippen molar-refractivity contribution in [3.8, 4) is 0 Å². The summed E-state index contributed by atoms with van der Waals surface area (Å²) >= 11 is 3.34. The minimum absolute atomic E-state index is 0.128. The lowest BCUT2D eigenvalue weighted by atomic mass is 10.1. The van der Waals surface area contributed by atoms with Gasteiger partial charge in [0.05, 0.1) is 0 Å². The molecule has 2 rings (SSSR count). The summed E-state index contributed by atoms with van der Waals surface area (Å²) in [4.78, 5) is 12.1. The molecular formula is C14H15BrN2O2.